The van der Waals surface area contributed by atoms with Gasteiger partial charge in [-0.1, -0.05) is 153 Å². The van der Waals surface area contributed by atoms with Crippen molar-refractivity contribution in [1.29, 1.82) is 0 Å². The lowest BCUT2D eigenvalue weighted by Gasteiger charge is -2.40. The maximum Gasteiger partial charge on any atom is 0.0629 e. The van der Waals surface area contributed by atoms with Crippen LogP contribution in [0.2, 0.25) is 0 Å². The third-order valence-corrected chi connectivity index (χ3v) is 11.4. The van der Waals surface area contributed by atoms with Gasteiger partial charge < -0.3 is 9.80 Å². The summed E-state index contributed by atoms with van der Waals surface area (Å²) in [5, 5.41) is 0. The molecule has 5 aromatic rings. The molecule has 4 aliphatic rings. The van der Waals surface area contributed by atoms with Crippen LogP contribution in [0.3, 0.4) is 0 Å². The second kappa shape index (κ2) is 13.6. The van der Waals surface area contributed by atoms with E-state index in [1.54, 1.807) is 0 Å². The summed E-state index contributed by atoms with van der Waals surface area (Å²) in [6.07, 6.45) is 20.8. The van der Waals surface area contributed by atoms with E-state index in [0.717, 1.165) is 25.7 Å². The first-order valence-corrected chi connectivity index (χ1v) is 18.6. The summed E-state index contributed by atoms with van der Waals surface area (Å²) in [7, 11) is 0. The molecule has 0 fully saturated rings. The molecule has 9 rings (SSSR count). The second-order valence-electron chi connectivity index (χ2n) is 14.5. The fourth-order valence-electron chi connectivity index (χ4n) is 8.77. The summed E-state index contributed by atoms with van der Waals surface area (Å²) in [5.41, 5.74) is 14.7. The van der Waals surface area contributed by atoms with Crippen molar-refractivity contribution >= 4 is 28.2 Å². The quantitative estimate of drug-likeness (QED) is 0.160. The van der Waals surface area contributed by atoms with Crippen LogP contribution in [-0.2, 0) is 0 Å². The van der Waals surface area contributed by atoms with Gasteiger partial charge in [-0.25, -0.2) is 0 Å². The molecule has 0 aromatic heterocycles. The van der Waals surface area contributed by atoms with E-state index in [-0.39, 0.29) is 6.04 Å². The standard InChI is InChI=1S/C49H44N2/c1-35-33-41(37-15-7-3-8-16-37)27-32-47(35)50(42-17-9-4-10-18-42)44-30-31-46-45-19-11-12-20-48(45)51(49(46)34-44)43-28-25-40(26-29-43)39-23-21-38(22-24-39)36-13-5-2-6-14-36/h2-19,21-25,27-28,30-32,34-35,41,47-48H,20,26,29,33H2,1H3. The minimum absolute atomic E-state index is 0.260. The Bertz CT molecular complexity index is 2170. The molecule has 2 nitrogen and oxygen atoms in total. The topological polar surface area (TPSA) is 6.48 Å². The van der Waals surface area contributed by atoms with Gasteiger partial charge in [-0.15, -0.1) is 0 Å². The van der Waals surface area contributed by atoms with Crippen LogP contribution in [0, 0.1) is 5.92 Å². The largest absolute Gasteiger partial charge is 0.337 e. The molecule has 250 valence electrons. The summed E-state index contributed by atoms with van der Waals surface area (Å²) < 4.78 is 0. The van der Waals surface area contributed by atoms with Crippen molar-refractivity contribution < 1.29 is 0 Å². The summed E-state index contributed by atoms with van der Waals surface area (Å²) >= 11 is 0. The zero-order chi connectivity index (χ0) is 34.1. The number of allylic oxidation sites excluding steroid dienone is 7. The summed E-state index contributed by atoms with van der Waals surface area (Å²) in [5.74, 6) is 0.928. The van der Waals surface area contributed by atoms with Crippen molar-refractivity contribution in [1.82, 2.24) is 0 Å². The van der Waals surface area contributed by atoms with Gasteiger partial charge in [-0.2, -0.15) is 0 Å². The lowest BCUT2D eigenvalue weighted by atomic mass is 9.80. The number of rotatable bonds is 7. The lowest BCUT2D eigenvalue weighted by molar-refractivity contribution is 0.433. The monoisotopic (exact) mass is 660 g/mol. The molecule has 3 aliphatic carbocycles. The molecule has 0 bridgehead atoms. The number of hydrogen-bond acceptors (Lipinski definition) is 2. The Balaban J connectivity index is 1.06. The molecule has 2 heteroatoms. The third-order valence-electron chi connectivity index (χ3n) is 11.4. The van der Waals surface area contributed by atoms with Crippen LogP contribution >= 0.6 is 0 Å². The average molecular weight is 661 g/mol. The van der Waals surface area contributed by atoms with Crippen LogP contribution in [0.1, 0.15) is 55.2 Å². The lowest BCUT2D eigenvalue weighted by Crippen LogP contribution is -2.37. The highest BCUT2D eigenvalue weighted by molar-refractivity contribution is 5.93. The molecule has 4 atom stereocenters. The average Bonchev–Trinajstić information content (AvgIpc) is 3.53. The Morgan fingerprint density at radius 1 is 0.627 bits per heavy atom. The Kier molecular flexibility index (Phi) is 8.37. The van der Waals surface area contributed by atoms with E-state index in [2.05, 4.69) is 193 Å². The summed E-state index contributed by atoms with van der Waals surface area (Å²) in [6, 6.07) is 49.6. The SMILES string of the molecule is CC1CC(c2ccccc2)C=CC1N(c1ccccc1)c1ccc2c(c1)N(C1=CC=C(c3ccc(-c4ccccc4)cc3)CC1)C1CC=CC=C21. The van der Waals surface area contributed by atoms with Gasteiger partial charge in [-0.3, -0.25) is 0 Å². The number of para-hydroxylation sites is 1. The first-order chi connectivity index (χ1) is 25.2. The Hall–Kier alpha value is -5.60. The van der Waals surface area contributed by atoms with Crippen LogP contribution in [0.25, 0.3) is 22.3 Å². The molecular weight excluding hydrogens is 617 g/mol. The molecule has 4 unspecified atom stereocenters. The Morgan fingerprint density at radius 2 is 1.33 bits per heavy atom. The van der Waals surface area contributed by atoms with Gasteiger partial charge in [0, 0.05) is 28.6 Å². The van der Waals surface area contributed by atoms with Gasteiger partial charge in [0.05, 0.1) is 17.8 Å². The molecule has 1 heterocycles. The summed E-state index contributed by atoms with van der Waals surface area (Å²) in [6.45, 7) is 2.43. The maximum absolute atomic E-state index is 2.66. The van der Waals surface area contributed by atoms with E-state index in [1.807, 2.05) is 0 Å². The van der Waals surface area contributed by atoms with Crippen LogP contribution < -0.4 is 9.80 Å². The number of fused-ring (bicyclic) bond motifs is 3. The molecule has 1 aliphatic heterocycles. The van der Waals surface area contributed by atoms with Crippen LogP contribution in [0.15, 0.2) is 182 Å². The number of anilines is 3. The zero-order valence-corrected chi connectivity index (χ0v) is 29.3. The predicted octanol–water partition coefficient (Wildman–Crippen LogP) is 12.5. The molecular formula is C49H44N2. The Labute approximate surface area is 303 Å². The highest BCUT2D eigenvalue weighted by atomic mass is 15.2. The highest BCUT2D eigenvalue weighted by Crippen LogP contribution is 2.49. The third kappa shape index (κ3) is 5.99. The number of benzene rings is 5. The van der Waals surface area contributed by atoms with Crippen molar-refractivity contribution in [2.24, 2.45) is 5.92 Å². The van der Waals surface area contributed by atoms with E-state index in [1.165, 1.54) is 61.7 Å². The molecule has 0 saturated carbocycles. The van der Waals surface area contributed by atoms with Crippen LogP contribution in [-0.4, -0.2) is 12.1 Å². The van der Waals surface area contributed by atoms with E-state index < -0.39 is 0 Å². The van der Waals surface area contributed by atoms with Crippen molar-refractivity contribution in [3.63, 3.8) is 0 Å². The van der Waals surface area contributed by atoms with Gasteiger partial charge in [-0.05, 0) is 95.3 Å². The van der Waals surface area contributed by atoms with E-state index >= 15 is 0 Å². The first kappa shape index (κ1) is 31.4. The normalized spacial score (nSPS) is 22.1. The number of nitrogens with zero attached hydrogens (tertiary/aromatic N) is 2. The zero-order valence-electron chi connectivity index (χ0n) is 29.3. The van der Waals surface area contributed by atoms with Gasteiger partial charge in [0.15, 0.2) is 0 Å². The molecule has 0 radical (unpaired) electrons. The van der Waals surface area contributed by atoms with Crippen LogP contribution in [0.4, 0.5) is 17.1 Å². The van der Waals surface area contributed by atoms with Crippen molar-refractivity contribution in [2.75, 3.05) is 9.80 Å². The van der Waals surface area contributed by atoms with Gasteiger partial charge in [0.2, 0.25) is 0 Å². The molecule has 0 saturated heterocycles. The van der Waals surface area contributed by atoms with Gasteiger partial charge in [0.1, 0.15) is 0 Å². The minimum Gasteiger partial charge on any atom is -0.337 e. The maximum atomic E-state index is 2.66. The van der Waals surface area contributed by atoms with Crippen molar-refractivity contribution in [2.45, 2.75) is 50.6 Å². The van der Waals surface area contributed by atoms with E-state index in [0.29, 0.717) is 17.9 Å². The van der Waals surface area contributed by atoms with Crippen molar-refractivity contribution in [3.8, 4) is 11.1 Å². The van der Waals surface area contributed by atoms with Gasteiger partial charge >= 0.3 is 0 Å². The van der Waals surface area contributed by atoms with Crippen molar-refractivity contribution in [3.05, 3.63) is 198 Å². The summed E-state index contributed by atoms with van der Waals surface area (Å²) in [4.78, 5) is 5.25. The molecule has 51 heavy (non-hydrogen) atoms. The fourth-order valence-corrected chi connectivity index (χ4v) is 8.77. The molecule has 0 N–H and O–H groups in total. The highest BCUT2D eigenvalue weighted by Gasteiger charge is 2.37. The molecule has 0 spiro atoms. The molecule has 5 aromatic carbocycles. The fraction of sp³-hybridized carbons (Fsp3) is 0.184. The van der Waals surface area contributed by atoms with E-state index in [4.69, 9.17) is 0 Å². The minimum atomic E-state index is 0.260. The first-order valence-electron chi connectivity index (χ1n) is 18.6. The van der Waals surface area contributed by atoms with Crippen LogP contribution in [0.5, 0.6) is 0 Å². The smallest absolute Gasteiger partial charge is 0.0629 e. The predicted molar refractivity (Wildman–Crippen MR) is 216 cm³/mol. The molecule has 0 amide bonds. The second-order valence-corrected chi connectivity index (χ2v) is 14.5. The van der Waals surface area contributed by atoms with Gasteiger partial charge in [0.25, 0.3) is 0 Å². The Morgan fingerprint density at radius 3 is 2.06 bits per heavy atom. The number of hydrogen-bond donors (Lipinski definition) is 0. The van der Waals surface area contributed by atoms with E-state index in [9.17, 15) is 0 Å².